The molecule has 0 aromatic heterocycles. The number of nitrogens with two attached hydrogens (primary N) is 1. The molecular formula is C16H25N3O. The van der Waals surface area contributed by atoms with Crippen molar-refractivity contribution in [3.8, 4) is 0 Å². The number of carbonyl (C=O) groups is 1. The van der Waals surface area contributed by atoms with E-state index in [0.717, 1.165) is 26.2 Å². The number of hydrogen-bond acceptors (Lipinski definition) is 3. The third-order valence-electron chi connectivity index (χ3n) is 4.45. The predicted octanol–water partition coefficient (Wildman–Crippen LogP) is 1.53. The van der Waals surface area contributed by atoms with Crippen molar-refractivity contribution in [3.63, 3.8) is 0 Å². The summed E-state index contributed by atoms with van der Waals surface area (Å²) in [5.74, 6) is 0.0542. The predicted molar refractivity (Wildman–Crippen MR) is 83.2 cm³/mol. The first-order valence-corrected chi connectivity index (χ1v) is 7.26. The van der Waals surface area contributed by atoms with E-state index >= 15 is 0 Å². The van der Waals surface area contributed by atoms with Crippen molar-refractivity contribution >= 4 is 11.6 Å². The average molecular weight is 275 g/mol. The van der Waals surface area contributed by atoms with Gasteiger partial charge in [0.05, 0.1) is 6.54 Å². The zero-order valence-electron chi connectivity index (χ0n) is 13.0. The lowest BCUT2D eigenvalue weighted by atomic mass is 9.97. The lowest BCUT2D eigenvalue weighted by Gasteiger charge is -2.38. The summed E-state index contributed by atoms with van der Waals surface area (Å²) in [5.41, 5.74) is 12.2. The van der Waals surface area contributed by atoms with E-state index in [1.54, 1.807) is 0 Å². The minimum absolute atomic E-state index is 0.0542. The van der Waals surface area contributed by atoms with Gasteiger partial charge < -0.3 is 15.5 Å². The molecule has 0 saturated carbocycles. The van der Waals surface area contributed by atoms with Gasteiger partial charge in [-0.15, -0.1) is 0 Å². The fourth-order valence-electron chi connectivity index (χ4n) is 2.98. The molecule has 0 aliphatic carbocycles. The molecule has 1 amide bonds. The Hall–Kier alpha value is -1.55. The van der Waals surface area contributed by atoms with Crippen molar-refractivity contribution in [2.45, 2.75) is 27.7 Å². The number of rotatable bonds is 2. The Balaban J connectivity index is 2.21. The van der Waals surface area contributed by atoms with Gasteiger partial charge in [-0.25, -0.2) is 0 Å². The van der Waals surface area contributed by atoms with Crippen molar-refractivity contribution in [1.29, 1.82) is 0 Å². The van der Waals surface area contributed by atoms with Gasteiger partial charge >= 0.3 is 0 Å². The fourth-order valence-corrected chi connectivity index (χ4v) is 2.98. The molecule has 0 atom stereocenters. The first-order chi connectivity index (χ1) is 9.45. The van der Waals surface area contributed by atoms with Gasteiger partial charge in [-0.05, 0) is 49.9 Å². The summed E-state index contributed by atoms with van der Waals surface area (Å²) in [6, 6.07) is 2.25. The monoisotopic (exact) mass is 275 g/mol. The molecule has 1 fully saturated rings. The molecule has 0 radical (unpaired) electrons. The van der Waals surface area contributed by atoms with E-state index in [0.29, 0.717) is 0 Å². The Labute approximate surface area is 121 Å². The van der Waals surface area contributed by atoms with Crippen molar-refractivity contribution in [1.82, 2.24) is 4.90 Å². The number of aryl methyl sites for hydroxylation is 2. The topological polar surface area (TPSA) is 49.6 Å². The van der Waals surface area contributed by atoms with Crippen LogP contribution in [0, 0.1) is 27.7 Å². The highest BCUT2D eigenvalue weighted by molar-refractivity contribution is 5.78. The molecule has 4 heteroatoms. The van der Waals surface area contributed by atoms with Crippen molar-refractivity contribution in [3.05, 3.63) is 28.3 Å². The minimum Gasteiger partial charge on any atom is -0.368 e. The van der Waals surface area contributed by atoms with Gasteiger partial charge in [0.15, 0.2) is 0 Å². The van der Waals surface area contributed by atoms with Crippen LogP contribution in [-0.2, 0) is 4.79 Å². The number of nitrogens with zero attached hydrogens (tertiary/aromatic N) is 2. The Kier molecular flexibility index (Phi) is 4.33. The van der Waals surface area contributed by atoms with Crippen LogP contribution in [0.15, 0.2) is 6.07 Å². The molecule has 20 heavy (non-hydrogen) atoms. The smallest absolute Gasteiger partial charge is 0.236 e. The lowest BCUT2D eigenvalue weighted by molar-refractivity contribution is -0.129. The van der Waals surface area contributed by atoms with Gasteiger partial charge in [0.1, 0.15) is 0 Å². The van der Waals surface area contributed by atoms with E-state index in [9.17, 15) is 4.79 Å². The minimum atomic E-state index is 0.0542. The van der Waals surface area contributed by atoms with Gasteiger partial charge in [-0.2, -0.15) is 0 Å². The van der Waals surface area contributed by atoms with Gasteiger partial charge in [0.25, 0.3) is 0 Å². The van der Waals surface area contributed by atoms with E-state index < -0.39 is 0 Å². The van der Waals surface area contributed by atoms with E-state index in [1.165, 1.54) is 27.9 Å². The van der Waals surface area contributed by atoms with Crippen LogP contribution in [-0.4, -0.2) is 43.5 Å². The summed E-state index contributed by atoms with van der Waals surface area (Å²) in [4.78, 5) is 15.9. The highest BCUT2D eigenvalue weighted by atomic mass is 16.2. The number of amides is 1. The van der Waals surface area contributed by atoms with Crippen LogP contribution in [0.1, 0.15) is 22.3 Å². The molecule has 1 aromatic carbocycles. The van der Waals surface area contributed by atoms with Crippen LogP contribution in [0.3, 0.4) is 0 Å². The van der Waals surface area contributed by atoms with Gasteiger partial charge in [-0.1, -0.05) is 6.07 Å². The van der Waals surface area contributed by atoms with Crippen LogP contribution < -0.4 is 10.6 Å². The van der Waals surface area contributed by atoms with E-state index in [4.69, 9.17) is 5.73 Å². The number of hydrogen-bond donors (Lipinski definition) is 1. The number of anilines is 1. The summed E-state index contributed by atoms with van der Waals surface area (Å²) >= 11 is 0. The van der Waals surface area contributed by atoms with Gasteiger partial charge in [0.2, 0.25) is 5.91 Å². The zero-order valence-corrected chi connectivity index (χ0v) is 13.0. The first-order valence-electron chi connectivity index (χ1n) is 7.26. The summed E-state index contributed by atoms with van der Waals surface area (Å²) < 4.78 is 0. The second-order valence-electron chi connectivity index (χ2n) is 5.68. The molecule has 0 bridgehead atoms. The quantitative estimate of drug-likeness (QED) is 0.890. The van der Waals surface area contributed by atoms with Gasteiger partial charge in [0, 0.05) is 31.9 Å². The second kappa shape index (κ2) is 5.83. The summed E-state index contributed by atoms with van der Waals surface area (Å²) in [7, 11) is 0. The molecule has 1 aliphatic rings. The molecule has 2 rings (SSSR count). The SMILES string of the molecule is Cc1cc(C)c(C)c(N2CCN(C(=O)CN)CC2)c1C. The molecule has 0 spiro atoms. The average Bonchev–Trinajstić information content (AvgIpc) is 2.45. The fraction of sp³-hybridized carbons (Fsp3) is 0.562. The third kappa shape index (κ3) is 2.66. The molecular weight excluding hydrogens is 250 g/mol. The Morgan fingerprint density at radius 3 is 2.00 bits per heavy atom. The molecule has 110 valence electrons. The van der Waals surface area contributed by atoms with Crippen molar-refractivity contribution in [2.24, 2.45) is 5.73 Å². The van der Waals surface area contributed by atoms with Gasteiger partial charge in [-0.3, -0.25) is 4.79 Å². The van der Waals surface area contributed by atoms with Crippen molar-refractivity contribution in [2.75, 3.05) is 37.6 Å². The van der Waals surface area contributed by atoms with Crippen LogP contribution in [0.2, 0.25) is 0 Å². The van der Waals surface area contributed by atoms with E-state index in [1.807, 2.05) is 4.90 Å². The number of benzene rings is 1. The first kappa shape index (κ1) is 14.9. The maximum atomic E-state index is 11.6. The third-order valence-corrected chi connectivity index (χ3v) is 4.45. The maximum absolute atomic E-state index is 11.6. The summed E-state index contributed by atoms with van der Waals surface area (Å²) in [5, 5.41) is 0. The highest BCUT2D eigenvalue weighted by Crippen LogP contribution is 2.30. The second-order valence-corrected chi connectivity index (χ2v) is 5.68. The number of carbonyl (C=O) groups excluding carboxylic acids is 1. The molecule has 2 N–H and O–H groups in total. The molecule has 4 nitrogen and oxygen atoms in total. The van der Waals surface area contributed by atoms with E-state index in [2.05, 4.69) is 38.7 Å². The van der Waals surface area contributed by atoms with Crippen LogP contribution in [0.25, 0.3) is 0 Å². The van der Waals surface area contributed by atoms with Crippen molar-refractivity contribution < 1.29 is 4.79 Å². The Bertz CT molecular complexity index is 491. The van der Waals surface area contributed by atoms with E-state index in [-0.39, 0.29) is 12.5 Å². The zero-order chi connectivity index (χ0) is 14.9. The molecule has 0 unspecified atom stereocenters. The maximum Gasteiger partial charge on any atom is 0.236 e. The van der Waals surface area contributed by atoms with Crippen LogP contribution in [0.5, 0.6) is 0 Å². The normalized spacial score (nSPS) is 15.7. The standard InChI is InChI=1S/C16H25N3O/c1-11-9-12(2)14(4)16(13(11)3)19-7-5-18(6-8-19)15(20)10-17/h9H,5-8,10,17H2,1-4H3. The Morgan fingerprint density at radius 2 is 1.55 bits per heavy atom. The molecule has 1 heterocycles. The summed E-state index contributed by atoms with van der Waals surface area (Å²) in [6.07, 6.45) is 0. The molecule has 1 aliphatic heterocycles. The number of piperazine rings is 1. The molecule has 1 aromatic rings. The van der Waals surface area contributed by atoms with Crippen LogP contribution in [0.4, 0.5) is 5.69 Å². The summed E-state index contributed by atoms with van der Waals surface area (Å²) in [6.45, 7) is 12.1. The largest absolute Gasteiger partial charge is 0.368 e. The highest BCUT2D eigenvalue weighted by Gasteiger charge is 2.23. The lowest BCUT2D eigenvalue weighted by Crippen LogP contribution is -2.50. The molecule has 1 saturated heterocycles. The Morgan fingerprint density at radius 1 is 1.05 bits per heavy atom. The van der Waals surface area contributed by atoms with Crippen LogP contribution >= 0.6 is 0 Å².